The highest BCUT2D eigenvalue weighted by atomic mass is 16.6. The summed E-state index contributed by atoms with van der Waals surface area (Å²) in [6, 6.07) is 2.98. The molecule has 0 fully saturated rings. The maximum Gasteiger partial charge on any atom is 0.326 e. The Morgan fingerprint density at radius 2 is 2.42 bits per heavy atom. The highest BCUT2D eigenvalue weighted by Crippen LogP contribution is 2.18. The standard InChI is InChI=1S/C11H10N4O4/c1-2-3-7(11(16)17)13-10-5-4-9(15(18)19)8(6-12)14-10/h2,4-5,7H,1,3H2,(H,13,14)(H,16,17). The van der Waals surface area contributed by atoms with Gasteiger partial charge in [-0.3, -0.25) is 10.1 Å². The van der Waals surface area contributed by atoms with Crippen molar-refractivity contribution in [3.05, 3.63) is 40.6 Å². The number of nitriles is 1. The number of carbonyl (C=O) groups is 1. The summed E-state index contributed by atoms with van der Waals surface area (Å²) in [6.45, 7) is 3.43. The minimum atomic E-state index is -1.11. The summed E-state index contributed by atoms with van der Waals surface area (Å²) in [6.07, 6.45) is 1.57. The number of carboxylic acids is 1. The molecule has 2 N–H and O–H groups in total. The average Bonchev–Trinajstić information content (AvgIpc) is 2.37. The fourth-order valence-electron chi connectivity index (χ4n) is 1.33. The van der Waals surface area contributed by atoms with E-state index in [1.165, 1.54) is 12.1 Å². The van der Waals surface area contributed by atoms with Crippen molar-refractivity contribution in [3.8, 4) is 6.07 Å². The molecule has 0 saturated carbocycles. The SMILES string of the molecule is C=CCC(Nc1ccc([N+](=O)[O-])c(C#N)n1)C(=O)O. The predicted molar refractivity (Wildman–Crippen MR) is 65.5 cm³/mol. The molecule has 0 aliphatic heterocycles. The second-order valence-electron chi connectivity index (χ2n) is 3.49. The smallest absolute Gasteiger partial charge is 0.326 e. The number of pyridine rings is 1. The van der Waals surface area contributed by atoms with E-state index >= 15 is 0 Å². The quantitative estimate of drug-likeness (QED) is 0.449. The molecule has 0 bridgehead atoms. The molecule has 1 unspecified atom stereocenters. The van der Waals surface area contributed by atoms with Crippen LogP contribution in [0.3, 0.4) is 0 Å². The number of aliphatic carboxylic acids is 1. The van der Waals surface area contributed by atoms with Crippen molar-refractivity contribution in [2.45, 2.75) is 12.5 Å². The number of carboxylic acid groups (broad SMARTS) is 1. The van der Waals surface area contributed by atoms with E-state index in [1.54, 1.807) is 6.07 Å². The lowest BCUT2D eigenvalue weighted by atomic mass is 10.2. The molecule has 19 heavy (non-hydrogen) atoms. The number of nitrogens with one attached hydrogen (secondary N) is 1. The molecule has 0 amide bonds. The molecular formula is C11H10N4O4. The molecule has 8 nitrogen and oxygen atoms in total. The van der Waals surface area contributed by atoms with Gasteiger partial charge >= 0.3 is 11.7 Å². The van der Waals surface area contributed by atoms with Gasteiger partial charge in [-0.25, -0.2) is 9.78 Å². The molecule has 1 atom stereocenters. The van der Waals surface area contributed by atoms with Gasteiger partial charge in [-0.15, -0.1) is 6.58 Å². The number of hydrogen-bond acceptors (Lipinski definition) is 6. The molecule has 0 saturated heterocycles. The Kier molecular flexibility index (Phi) is 4.54. The number of hydrogen-bond donors (Lipinski definition) is 2. The van der Waals surface area contributed by atoms with E-state index in [4.69, 9.17) is 10.4 Å². The highest BCUT2D eigenvalue weighted by molar-refractivity contribution is 5.77. The van der Waals surface area contributed by atoms with E-state index in [2.05, 4.69) is 16.9 Å². The number of nitrogens with zero attached hydrogens (tertiary/aromatic N) is 3. The molecule has 1 rings (SSSR count). The van der Waals surface area contributed by atoms with Crippen LogP contribution in [-0.4, -0.2) is 27.0 Å². The van der Waals surface area contributed by atoms with Gasteiger partial charge in [0.05, 0.1) is 4.92 Å². The van der Waals surface area contributed by atoms with Gasteiger partial charge in [-0.2, -0.15) is 5.26 Å². The van der Waals surface area contributed by atoms with Crippen LogP contribution in [0.1, 0.15) is 12.1 Å². The van der Waals surface area contributed by atoms with Crippen LogP contribution in [0.2, 0.25) is 0 Å². The molecule has 0 aliphatic rings. The summed E-state index contributed by atoms with van der Waals surface area (Å²) in [5.74, 6) is -1.03. The first kappa shape index (κ1) is 14.1. The number of aromatic nitrogens is 1. The van der Waals surface area contributed by atoms with E-state index < -0.39 is 22.6 Å². The average molecular weight is 262 g/mol. The highest BCUT2D eigenvalue weighted by Gasteiger charge is 2.19. The van der Waals surface area contributed by atoms with Crippen LogP contribution in [0.4, 0.5) is 11.5 Å². The molecule has 1 heterocycles. The second kappa shape index (κ2) is 6.11. The third kappa shape index (κ3) is 3.50. The summed E-state index contributed by atoms with van der Waals surface area (Å²) in [5, 5.41) is 30.9. The fraction of sp³-hybridized carbons (Fsp3) is 0.182. The van der Waals surface area contributed by atoms with Crippen LogP contribution in [-0.2, 0) is 4.79 Å². The molecule has 0 aromatic carbocycles. The van der Waals surface area contributed by atoms with Crippen molar-refractivity contribution in [2.24, 2.45) is 0 Å². The van der Waals surface area contributed by atoms with Gasteiger partial charge in [-0.1, -0.05) is 6.08 Å². The van der Waals surface area contributed by atoms with Crippen molar-refractivity contribution in [1.29, 1.82) is 5.26 Å². The van der Waals surface area contributed by atoms with Gasteiger partial charge in [0.25, 0.3) is 0 Å². The Balaban J connectivity index is 3.03. The normalized spacial score (nSPS) is 11.1. The molecule has 0 spiro atoms. The van der Waals surface area contributed by atoms with E-state index in [9.17, 15) is 14.9 Å². The maximum absolute atomic E-state index is 10.9. The lowest BCUT2D eigenvalue weighted by molar-refractivity contribution is -0.385. The molecule has 1 aromatic heterocycles. The van der Waals surface area contributed by atoms with Crippen molar-refractivity contribution in [1.82, 2.24) is 4.98 Å². The van der Waals surface area contributed by atoms with Crippen LogP contribution < -0.4 is 5.32 Å². The zero-order valence-electron chi connectivity index (χ0n) is 9.74. The Morgan fingerprint density at radius 1 is 1.74 bits per heavy atom. The molecule has 98 valence electrons. The number of anilines is 1. The van der Waals surface area contributed by atoms with Crippen molar-refractivity contribution in [3.63, 3.8) is 0 Å². The summed E-state index contributed by atoms with van der Waals surface area (Å²) in [5.41, 5.74) is -0.804. The first-order chi connectivity index (χ1) is 8.99. The Bertz CT molecular complexity index is 564. The van der Waals surface area contributed by atoms with E-state index in [0.717, 1.165) is 6.07 Å². The van der Waals surface area contributed by atoms with Crippen LogP contribution in [0.5, 0.6) is 0 Å². The largest absolute Gasteiger partial charge is 0.480 e. The van der Waals surface area contributed by atoms with Crippen LogP contribution in [0, 0.1) is 21.4 Å². The minimum Gasteiger partial charge on any atom is -0.480 e. The van der Waals surface area contributed by atoms with E-state index in [0.29, 0.717) is 0 Å². The van der Waals surface area contributed by atoms with Crippen LogP contribution >= 0.6 is 0 Å². The molecule has 0 aliphatic carbocycles. The molecule has 1 aromatic rings. The van der Waals surface area contributed by atoms with Gasteiger partial charge in [-0.05, 0) is 12.5 Å². The monoisotopic (exact) mass is 262 g/mol. The Morgan fingerprint density at radius 3 is 2.89 bits per heavy atom. The van der Waals surface area contributed by atoms with E-state index in [-0.39, 0.29) is 17.9 Å². The number of nitro groups is 1. The van der Waals surface area contributed by atoms with Gasteiger partial charge in [0, 0.05) is 6.07 Å². The van der Waals surface area contributed by atoms with Crippen molar-refractivity contribution in [2.75, 3.05) is 5.32 Å². The van der Waals surface area contributed by atoms with Gasteiger partial charge in [0.1, 0.15) is 17.9 Å². The molecule has 8 heteroatoms. The van der Waals surface area contributed by atoms with Gasteiger partial charge in [0.15, 0.2) is 0 Å². The summed E-state index contributed by atoms with van der Waals surface area (Å²) < 4.78 is 0. The summed E-state index contributed by atoms with van der Waals surface area (Å²) in [4.78, 5) is 24.5. The van der Waals surface area contributed by atoms with Crippen molar-refractivity contribution < 1.29 is 14.8 Å². The van der Waals surface area contributed by atoms with E-state index in [1.807, 2.05) is 0 Å². The van der Waals surface area contributed by atoms with Gasteiger partial charge < -0.3 is 10.4 Å². The lowest BCUT2D eigenvalue weighted by Crippen LogP contribution is -2.29. The lowest BCUT2D eigenvalue weighted by Gasteiger charge is -2.12. The molecular weight excluding hydrogens is 252 g/mol. The third-order valence-electron chi connectivity index (χ3n) is 2.20. The Hall–Kier alpha value is -2.95. The summed E-state index contributed by atoms with van der Waals surface area (Å²) in [7, 11) is 0. The Labute approximate surface area is 108 Å². The second-order valence-corrected chi connectivity index (χ2v) is 3.49. The van der Waals surface area contributed by atoms with Crippen LogP contribution in [0.25, 0.3) is 0 Å². The zero-order valence-corrected chi connectivity index (χ0v) is 9.74. The fourth-order valence-corrected chi connectivity index (χ4v) is 1.33. The van der Waals surface area contributed by atoms with Gasteiger partial charge in [0.2, 0.25) is 5.69 Å². The maximum atomic E-state index is 10.9. The number of rotatable bonds is 6. The predicted octanol–water partition coefficient (Wildman–Crippen LogP) is 1.30. The third-order valence-corrected chi connectivity index (χ3v) is 2.20. The first-order valence-corrected chi connectivity index (χ1v) is 5.15. The minimum absolute atomic E-state index is 0.0800. The topological polar surface area (TPSA) is 129 Å². The summed E-state index contributed by atoms with van der Waals surface area (Å²) >= 11 is 0. The first-order valence-electron chi connectivity index (χ1n) is 5.15. The zero-order chi connectivity index (χ0) is 14.4. The van der Waals surface area contributed by atoms with Crippen molar-refractivity contribution >= 4 is 17.5 Å². The van der Waals surface area contributed by atoms with Crippen LogP contribution in [0.15, 0.2) is 24.8 Å². The molecule has 0 radical (unpaired) electrons.